The van der Waals surface area contributed by atoms with Crippen LogP contribution in [0.15, 0.2) is 47.6 Å². The minimum Gasteiger partial charge on any atom is -0.356 e. The van der Waals surface area contributed by atoms with Crippen molar-refractivity contribution in [3.8, 4) is 0 Å². The summed E-state index contributed by atoms with van der Waals surface area (Å²) >= 11 is 0. The molecule has 0 aliphatic rings. The fourth-order valence-electron chi connectivity index (χ4n) is 1.18. The molecule has 0 saturated heterocycles. The van der Waals surface area contributed by atoms with Crippen molar-refractivity contribution in [1.82, 2.24) is 5.32 Å². The van der Waals surface area contributed by atoms with Gasteiger partial charge in [0.2, 0.25) is 5.91 Å². The first-order valence-electron chi connectivity index (χ1n) is 4.77. The van der Waals surface area contributed by atoms with Crippen LogP contribution < -0.4 is 5.32 Å². The van der Waals surface area contributed by atoms with Gasteiger partial charge in [0.05, 0.1) is 6.04 Å². The van der Waals surface area contributed by atoms with E-state index in [0.29, 0.717) is 0 Å². The van der Waals surface area contributed by atoms with E-state index in [-0.39, 0.29) is 5.91 Å². The number of hydrogen-bond donors (Lipinski definition) is 1. The Hall–Kier alpha value is -2.26. The average Bonchev–Trinajstić information content (AvgIpc) is 2.35. The SMILES string of the molecule is CNC(=O)/C=C/C(N=[N+]=[N-])c1ccccc1. The molecule has 0 aliphatic heterocycles. The number of amides is 1. The van der Waals surface area contributed by atoms with E-state index < -0.39 is 6.04 Å². The molecule has 5 heteroatoms. The van der Waals surface area contributed by atoms with Crippen LogP contribution in [0.1, 0.15) is 11.6 Å². The van der Waals surface area contributed by atoms with Crippen LogP contribution in [0.3, 0.4) is 0 Å². The monoisotopic (exact) mass is 216 g/mol. The molecular formula is C11H12N4O. The topological polar surface area (TPSA) is 77.9 Å². The minimum absolute atomic E-state index is 0.228. The summed E-state index contributed by atoms with van der Waals surface area (Å²) in [6.45, 7) is 0. The van der Waals surface area contributed by atoms with Crippen molar-refractivity contribution in [3.63, 3.8) is 0 Å². The van der Waals surface area contributed by atoms with E-state index in [1.165, 1.54) is 13.1 Å². The lowest BCUT2D eigenvalue weighted by Crippen LogP contribution is -2.14. The summed E-state index contributed by atoms with van der Waals surface area (Å²) in [7, 11) is 1.54. The van der Waals surface area contributed by atoms with Gasteiger partial charge in [0, 0.05) is 12.0 Å². The molecule has 1 rings (SSSR count). The zero-order valence-electron chi connectivity index (χ0n) is 8.87. The molecule has 0 spiro atoms. The van der Waals surface area contributed by atoms with Crippen LogP contribution >= 0.6 is 0 Å². The molecule has 1 atom stereocenters. The largest absolute Gasteiger partial charge is 0.356 e. The van der Waals surface area contributed by atoms with E-state index in [4.69, 9.17) is 5.53 Å². The van der Waals surface area contributed by atoms with Crippen molar-refractivity contribution in [2.45, 2.75) is 6.04 Å². The summed E-state index contributed by atoms with van der Waals surface area (Å²) < 4.78 is 0. The molecule has 0 radical (unpaired) electrons. The molecule has 1 unspecified atom stereocenters. The Kier molecular flexibility index (Phi) is 4.63. The summed E-state index contributed by atoms with van der Waals surface area (Å²) in [6, 6.07) is 8.80. The number of nitrogens with zero attached hydrogens (tertiary/aromatic N) is 3. The number of rotatable bonds is 4. The fourth-order valence-corrected chi connectivity index (χ4v) is 1.18. The summed E-state index contributed by atoms with van der Waals surface area (Å²) in [5, 5.41) is 6.07. The molecule has 0 bridgehead atoms. The average molecular weight is 216 g/mol. The van der Waals surface area contributed by atoms with Crippen molar-refractivity contribution in [2.24, 2.45) is 5.11 Å². The number of azide groups is 1. The van der Waals surface area contributed by atoms with Gasteiger partial charge in [-0.15, -0.1) is 0 Å². The second-order valence-electron chi connectivity index (χ2n) is 3.03. The van der Waals surface area contributed by atoms with Gasteiger partial charge in [-0.2, -0.15) is 0 Å². The summed E-state index contributed by atoms with van der Waals surface area (Å²) in [4.78, 5) is 13.8. The molecule has 0 saturated carbocycles. The van der Waals surface area contributed by atoms with Crippen LogP contribution in [0.5, 0.6) is 0 Å². The third kappa shape index (κ3) is 3.48. The first-order valence-corrected chi connectivity index (χ1v) is 4.77. The molecule has 1 amide bonds. The lowest BCUT2D eigenvalue weighted by atomic mass is 10.1. The smallest absolute Gasteiger partial charge is 0.243 e. The van der Waals surface area contributed by atoms with Gasteiger partial charge in [-0.1, -0.05) is 41.5 Å². The van der Waals surface area contributed by atoms with E-state index in [1.807, 2.05) is 30.3 Å². The van der Waals surface area contributed by atoms with E-state index in [0.717, 1.165) is 5.56 Å². The Bertz CT molecular complexity index is 421. The second-order valence-corrected chi connectivity index (χ2v) is 3.03. The maximum atomic E-state index is 11.0. The zero-order chi connectivity index (χ0) is 11.8. The standard InChI is InChI=1S/C11H12N4O/c1-13-11(16)8-7-10(14-15-12)9-5-3-2-4-6-9/h2-8,10H,1H3,(H,13,16)/b8-7+. The van der Waals surface area contributed by atoms with Crippen molar-refractivity contribution in [1.29, 1.82) is 0 Å². The molecule has 82 valence electrons. The van der Waals surface area contributed by atoms with Gasteiger partial charge in [0.25, 0.3) is 0 Å². The maximum absolute atomic E-state index is 11.0. The third-order valence-electron chi connectivity index (χ3n) is 1.99. The van der Waals surface area contributed by atoms with Crippen molar-refractivity contribution < 1.29 is 4.79 Å². The number of hydrogen-bond acceptors (Lipinski definition) is 2. The van der Waals surface area contributed by atoms with Gasteiger partial charge in [0.1, 0.15) is 0 Å². The van der Waals surface area contributed by atoms with Gasteiger partial charge < -0.3 is 5.32 Å². The van der Waals surface area contributed by atoms with Crippen LogP contribution in [-0.2, 0) is 4.79 Å². The number of likely N-dealkylation sites (N-methyl/N-ethyl adjacent to an activating group) is 1. The highest BCUT2D eigenvalue weighted by molar-refractivity contribution is 5.87. The molecule has 0 aromatic heterocycles. The first-order chi connectivity index (χ1) is 7.77. The Balaban J connectivity index is 2.88. The number of carbonyl (C=O) groups excluding carboxylic acids is 1. The Labute approximate surface area is 93.4 Å². The van der Waals surface area contributed by atoms with Crippen LogP contribution in [0.25, 0.3) is 10.4 Å². The highest BCUT2D eigenvalue weighted by atomic mass is 16.1. The highest BCUT2D eigenvalue weighted by Gasteiger charge is 2.04. The Morgan fingerprint density at radius 1 is 1.50 bits per heavy atom. The number of nitrogens with one attached hydrogen (secondary N) is 1. The van der Waals surface area contributed by atoms with Gasteiger partial charge in [0.15, 0.2) is 0 Å². The molecule has 0 heterocycles. The van der Waals surface area contributed by atoms with Crippen LogP contribution in [0.4, 0.5) is 0 Å². The number of benzene rings is 1. The zero-order valence-corrected chi connectivity index (χ0v) is 8.87. The first kappa shape index (κ1) is 11.8. The summed E-state index contributed by atoms with van der Waals surface area (Å²) in [5.41, 5.74) is 9.29. The van der Waals surface area contributed by atoms with Gasteiger partial charge in [-0.3, -0.25) is 4.79 Å². The maximum Gasteiger partial charge on any atom is 0.243 e. The predicted molar refractivity (Wildman–Crippen MR) is 61.5 cm³/mol. The molecular weight excluding hydrogens is 204 g/mol. The molecule has 1 aromatic carbocycles. The van der Waals surface area contributed by atoms with Crippen molar-refractivity contribution in [2.75, 3.05) is 7.05 Å². The quantitative estimate of drug-likeness (QED) is 0.356. The van der Waals surface area contributed by atoms with Crippen LogP contribution in [-0.4, -0.2) is 13.0 Å². The summed E-state index contributed by atoms with van der Waals surface area (Å²) in [5.74, 6) is -0.228. The second kappa shape index (κ2) is 6.27. The van der Waals surface area contributed by atoms with Crippen LogP contribution in [0, 0.1) is 0 Å². The molecule has 16 heavy (non-hydrogen) atoms. The minimum atomic E-state index is -0.455. The van der Waals surface area contributed by atoms with E-state index in [1.54, 1.807) is 6.08 Å². The van der Waals surface area contributed by atoms with Crippen LogP contribution in [0.2, 0.25) is 0 Å². The molecule has 1 N–H and O–H groups in total. The Morgan fingerprint density at radius 2 is 2.19 bits per heavy atom. The van der Waals surface area contributed by atoms with E-state index >= 15 is 0 Å². The van der Waals surface area contributed by atoms with Crippen molar-refractivity contribution >= 4 is 5.91 Å². The number of carbonyl (C=O) groups is 1. The van der Waals surface area contributed by atoms with Crippen molar-refractivity contribution in [3.05, 3.63) is 58.5 Å². The normalized spacial score (nSPS) is 11.8. The molecule has 5 nitrogen and oxygen atoms in total. The van der Waals surface area contributed by atoms with E-state index in [2.05, 4.69) is 15.3 Å². The van der Waals surface area contributed by atoms with Gasteiger partial charge in [-0.25, -0.2) is 0 Å². The highest BCUT2D eigenvalue weighted by Crippen LogP contribution is 2.18. The lowest BCUT2D eigenvalue weighted by molar-refractivity contribution is -0.116. The molecule has 0 fully saturated rings. The molecule has 1 aromatic rings. The predicted octanol–water partition coefficient (Wildman–Crippen LogP) is 2.34. The van der Waals surface area contributed by atoms with Gasteiger partial charge in [-0.05, 0) is 17.2 Å². The third-order valence-corrected chi connectivity index (χ3v) is 1.99. The Morgan fingerprint density at radius 3 is 2.75 bits per heavy atom. The lowest BCUT2D eigenvalue weighted by Gasteiger charge is -2.05. The molecule has 0 aliphatic carbocycles. The fraction of sp³-hybridized carbons (Fsp3) is 0.182. The van der Waals surface area contributed by atoms with Gasteiger partial charge >= 0.3 is 0 Å². The van der Waals surface area contributed by atoms with E-state index in [9.17, 15) is 4.79 Å². The summed E-state index contributed by atoms with van der Waals surface area (Å²) in [6.07, 6.45) is 2.92.